The molecule has 0 amide bonds. The van der Waals surface area contributed by atoms with Gasteiger partial charge in [0.15, 0.2) is 30.1 Å². The molecule has 3 aromatic heterocycles. The van der Waals surface area contributed by atoms with Crippen molar-refractivity contribution in [2.75, 3.05) is 18.9 Å². The molecule has 3 aliphatic heterocycles. The minimum atomic E-state index is -5.15. The molecule has 3 fully saturated rings. The molecule has 24 heteroatoms. The Morgan fingerprint density at radius 1 is 0.935 bits per heavy atom. The van der Waals surface area contributed by atoms with E-state index in [9.17, 15) is 24.0 Å². The van der Waals surface area contributed by atoms with Crippen molar-refractivity contribution in [3.05, 3.63) is 40.1 Å². The van der Waals surface area contributed by atoms with Crippen molar-refractivity contribution in [3.63, 3.8) is 0 Å². The zero-order chi connectivity index (χ0) is 32.7. The molecule has 0 spiro atoms. The summed E-state index contributed by atoms with van der Waals surface area (Å²) in [4.78, 5) is 37.4. The number of fused-ring (bicyclic) bond motifs is 5. The second-order valence-electron chi connectivity index (χ2n) is 10.3. The van der Waals surface area contributed by atoms with E-state index in [2.05, 4.69) is 19.9 Å². The van der Waals surface area contributed by atoms with Gasteiger partial charge in [-0.25, -0.2) is 33.5 Å². The van der Waals surface area contributed by atoms with Crippen molar-refractivity contribution < 1.29 is 56.0 Å². The maximum Gasteiger partial charge on any atom is 0.472 e. The van der Waals surface area contributed by atoms with Crippen LogP contribution in [-0.2, 0) is 36.7 Å². The molecule has 7 rings (SSSR count). The third-order valence-corrected chi connectivity index (χ3v) is 10.5. The average Bonchev–Trinajstić information content (AvgIpc) is 3.71. The van der Waals surface area contributed by atoms with E-state index >= 15 is 4.39 Å². The third kappa shape index (κ3) is 5.71. The van der Waals surface area contributed by atoms with Crippen LogP contribution in [0, 0.1) is 0 Å². The molecule has 0 saturated carbocycles. The van der Waals surface area contributed by atoms with E-state index in [0.29, 0.717) is 0 Å². The van der Waals surface area contributed by atoms with E-state index in [1.165, 1.54) is 16.7 Å². The summed E-state index contributed by atoms with van der Waals surface area (Å²) >= 11 is 18.7. The first kappa shape index (κ1) is 32.5. The number of hydrogen-bond donors (Lipinski definition) is 4. The largest absolute Gasteiger partial charge is 0.472 e. The van der Waals surface area contributed by atoms with E-state index in [1.54, 1.807) is 0 Å². The van der Waals surface area contributed by atoms with Gasteiger partial charge in [-0.15, -0.1) is 0 Å². The SMILES string of the molecule is Nc1ncnc2c1ncn2C1OC2COP(=O)(O)OC3C(O)C(COP(=O)(O)OC2C1F)OC3n1c(Cl)nc2cc(Cl)c(Cl)cc21. The lowest BCUT2D eigenvalue weighted by Crippen LogP contribution is -2.35. The number of phosphoric acid groups is 2. The summed E-state index contributed by atoms with van der Waals surface area (Å²) in [6, 6.07) is 2.80. The van der Waals surface area contributed by atoms with Gasteiger partial charge in [-0.05, 0) is 23.7 Å². The van der Waals surface area contributed by atoms with Crippen LogP contribution < -0.4 is 5.73 Å². The number of aromatic nitrogens is 6. The summed E-state index contributed by atoms with van der Waals surface area (Å²) < 4.78 is 76.9. The van der Waals surface area contributed by atoms with Gasteiger partial charge in [0, 0.05) is 0 Å². The van der Waals surface area contributed by atoms with Crippen LogP contribution in [0.15, 0.2) is 24.8 Å². The summed E-state index contributed by atoms with van der Waals surface area (Å²) in [5.41, 5.74) is 6.49. The molecule has 6 heterocycles. The second-order valence-corrected chi connectivity index (χ2v) is 14.3. The van der Waals surface area contributed by atoms with Crippen LogP contribution in [0.4, 0.5) is 10.2 Å². The maximum absolute atomic E-state index is 15.9. The van der Waals surface area contributed by atoms with Crippen LogP contribution in [-0.4, -0.2) is 93.9 Å². The fourth-order valence-electron chi connectivity index (χ4n) is 5.42. The fourth-order valence-corrected chi connectivity index (χ4v) is 7.90. The summed E-state index contributed by atoms with van der Waals surface area (Å²) in [5.74, 6) is 0.000126. The molecule has 5 N–H and O–H groups in total. The molecule has 4 aromatic rings. The number of hydrogen-bond acceptors (Lipinski definition) is 14. The molecular formula is C22H21Cl3FN7O11P2. The van der Waals surface area contributed by atoms with Gasteiger partial charge in [0.05, 0.1) is 40.6 Å². The highest BCUT2D eigenvalue weighted by molar-refractivity contribution is 7.47. The lowest BCUT2D eigenvalue weighted by atomic mass is 10.1. The van der Waals surface area contributed by atoms with Gasteiger partial charge >= 0.3 is 15.6 Å². The number of anilines is 1. The topological polar surface area (TPSA) is 238 Å². The highest BCUT2D eigenvalue weighted by atomic mass is 35.5. The fraction of sp³-hybridized carbons (Fsp3) is 0.455. The van der Waals surface area contributed by atoms with Crippen LogP contribution in [0.2, 0.25) is 15.3 Å². The zero-order valence-electron chi connectivity index (χ0n) is 22.6. The number of aliphatic hydroxyl groups is 1. The predicted octanol–water partition coefficient (Wildman–Crippen LogP) is 2.93. The third-order valence-electron chi connectivity index (χ3n) is 7.50. The lowest BCUT2D eigenvalue weighted by Gasteiger charge is -2.26. The number of alkyl halides is 1. The Morgan fingerprint density at radius 3 is 2.33 bits per heavy atom. The van der Waals surface area contributed by atoms with Gasteiger partial charge in [0.25, 0.3) is 0 Å². The predicted molar refractivity (Wildman–Crippen MR) is 155 cm³/mol. The molecule has 0 aliphatic carbocycles. The van der Waals surface area contributed by atoms with Gasteiger partial charge < -0.3 is 30.1 Å². The summed E-state index contributed by atoms with van der Waals surface area (Å²) in [6.45, 7) is -1.74. The van der Waals surface area contributed by atoms with Crippen molar-refractivity contribution in [1.29, 1.82) is 0 Å². The summed E-state index contributed by atoms with van der Waals surface area (Å²) in [7, 11) is -10.3. The van der Waals surface area contributed by atoms with E-state index in [0.717, 1.165) is 17.2 Å². The number of rotatable bonds is 2. The number of ether oxygens (including phenoxy) is 2. The van der Waals surface area contributed by atoms with Gasteiger partial charge in [-0.1, -0.05) is 23.2 Å². The number of aliphatic hydroxyl groups excluding tert-OH is 1. The van der Waals surface area contributed by atoms with E-state index < -0.39 is 78.0 Å². The number of phosphoric ester groups is 2. The maximum atomic E-state index is 15.9. The van der Waals surface area contributed by atoms with Crippen molar-refractivity contribution in [3.8, 4) is 0 Å². The Morgan fingerprint density at radius 2 is 1.59 bits per heavy atom. The molecule has 1 aromatic carbocycles. The molecule has 10 atom stereocenters. The number of benzene rings is 1. The smallest absolute Gasteiger partial charge is 0.387 e. The lowest BCUT2D eigenvalue weighted by molar-refractivity contribution is -0.0669. The van der Waals surface area contributed by atoms with Gasteiger partial charge in [-0.2, -0.15) is 0 Å². The van der Waals surface area contributed by atoms with Gasteiger partial charge in [-0.3, -0.25) is 27.2 Å². The van der Waals surface area contributed by atoms with Crippen molar-refractivity contribution >= 4 is 78.5 Å². The molecule has 0 radical (unpaired) electrons. The second kappa shape index (κ2) is 11.8. The number of nitrogens with two attached hydrogens (primary N) is 1. The molecule has 18 nitrogen and oxygen atoms in total. The normalized spacial score (nSPS) is 37.2. The Balaban J connectivity index is 1.21. The highest BCUT2D eigenvalue weighted by Crippen LogP contribution is 2.54. The van der Waals surface area contributed by atoms with Gasteiger partial charge in [0.1, 0.15) is 42.4 Å². The summed E-state index contributed by atoms with van der Waals surface area (Å²) in [5, 5.41) is 11.1. The molecular weight excluding hydrogens is 726 g/mol. The number of nitrogen functional groups attached to an aromatic ring is 1. The van der Waals surface area contributed by atoms with Crippen molar-refractivity contribution in [2.24, 2.45) is 0 Å². The van der Waals surface area contributed by atoms with E-state index in [4.69, 9.17) is 68.1 Å². The van der Waals surface area contributed by atoms with E-state index in [-0.39, 0.29) is 43.3 Å². The molecule has 3 saturated heterocycles. The van der Waals surface area contributed by atoms with Crippen LogP contribution in [0.1, 0.15) is 12.5 Å². The van der Waals surface area contributed by atoms with Crippen LogP contribution in [0.5, 0.6) is 0 Å². The standard InChI is InChI=1S/C22H21Cl3FN7O11P2/c23-7-1-9-10(2-8(7)24)33(22(25)31-9)21-17-15(34)11(41-21)3-39-45(35,36)43-16-12(4-40-46(37,38)44-17)42-20(13(16)26)32-6-30-14-18(27)28-5-29-19(14)32/h1-2,5-6,11-13,15-17,20-21,34H,3-4H2,(H,35,36)(H,37,38)(H2,27,28,29). The number of nitrogens with zero attached hydrogens (tertiary/aromatic N) is 6. The molecule has 10 unspecified atom stereocenters. The van der Waals surface area contributed by atoms with Crippen LogP contribution in [0.3, 0.4) is 0 Å². The van der Waals surface area contributed by atoms with Crippen LogP contribution >= 0.6 is 50.4 Å². The Kier molecular flexibility index (Phi) is 8.35. The van der Waals surface area contributed by atoms with Crippen molar-refractivity contribution in [1.82, 2.24) is 29.1 Å². The highest BCUT2D eigenvalue weighted by Gasteiger charge is 2.54. The first-order chi connectivity index (χ1) is 21.7. The number of imidazole rings is 2. The average molecular weight is 747 g/mol. The molecule has 46 heavy (non-hydrogen) atoms. The Labute approximate surface area is 271 Å². The minimum Gasteiger partial charge on any atom is -0.387 e. The molecule has 2 bridgehead atoms. The Hall–Kier alpha value is -2.06. The van der Waals surface area contributed by atoms with Gasteiger partial charge in [0.2, 0.25) is 5.28 Å². The quantitative estimate of drug-likeness (QED) is 0.216. The number of halogens is 4. The minimum absolute atomic E-state index is 0.000126. The Bertz CT molecular complexity index is 1940. The van der Waals surface area contributed by atoms with E-state index in [1.807, 2.05) is 0 Å². The monoisotopic (exact) mass is 745 g/mol. The summed E-state index contributed by atoms with van der Waals surface area (Å²) in [6.07, 6.45) is -11.4. The van der Waals surface area contributed by atoms with Crippen LogP contribution in [0.25, 0.3) is 22.2 Å². The molecule has 248 valence electrons. The zero-order valence-corrected chi connectivity index (χ0v) is 26.7. The molecule has 3 aliphatic rings. The first-order valence-corrected chi connectivity index (χ1v) is 17.3. The van der Waals surface area contributed by atoms with Crippen molar-refractivity contribution in [2.45, 2.75) is 49.1 Å². The first-order valence-electron chi connectivity index (χ1n) is 13.1.